The third kappa shape index (κ3) is 10.4. The third-order valence-corrected chi connectivity index (χ3v) is 3.42. The van der Waals surface area contributed by atoms with Crippen LogP contribution in [0.5, 0.6) is 11.5 Å². The number of ether oxygens (including phenoxy) is 5. The molecule has 0 aliphatic carbocycles. The highest BCUT2D eigenvalue weighted by Crippen LogP contribution is 2.29. The van der Waals surface area contributed by atoms with Crippen molar-refractivity contribution in [2.24, 2.45) is 5.73 Å². The van der Waals surface area contributed by atoms with Crippen LogP contribution in [0.2, 0.25) is 0 Å². The van der Waals surface area contributed by atoms with Crippen molar-refractivity contribution in [3.05, 3.63) is 23.8 Å². The molecule has 0 heterocycles. The lowest BCUT2D eigenvalue weighted by Crippen LogP contribution is -2.36. The number of rotatable bonds is 8. The molecule has 0 unspecified atom stereocenters. The molecule has 2 atom stereocenters. The lowest BCUT2D eigenvalue weighted by atomic mass is 10.1. The second kappa shape index (κ2) is 11.3. The smallest absolute Gasteiger partial charge is 0.461 e. The van der Waals surface area contributed by atoms with Gasteiger partial charge in [0.05, 0.1) is 0 Å². The minimum atomic E-state index is -1.03. The van der Waals surface area contributed by atoms with Crippen molar-refractivity contribution in [2.75, 3.05) is 6.61 Å². The van der Waals surface area contributed by atoms with E-state index >= 15 is 0 Å². The van der Waals surface area contributed by atoms with Crippen LogP contribution in [0.4, 0.5) is 4.79 Å². The summed E-state index contributed by atoms with van der Waals surface area (Å²) in [4.78, 5) is 46.3. The Kier molecular flexibility index (Phi) is 9.44. The summed E-state index contributed by atoms with van der Waals surface area (Å²) < 4.78 is 25.1. The molecule has 1 aromatic rings. The van der Waals surface area contributed by atoms with Gasteiger partial charge in [-0.15, -0.1) is 0 Å². The van der Waals surface area contributed by atoms with E-state index < -0.39 is 41.8 Å². The van der Waals surface area contributed by atoms with Crippen LogP contribution in [-0.4, -0.2) is 48.4 Å². The maximum Gasteiger partial charge on any atom is 0.509 e. The molecule has 0 fully saturated rings. The topological polar surface area (TPSA) is 140 Å². The van der Waals surface area contributed by atoms with Gasteiger partial charge in [-0.05, 0) is 51.8 Å². The van der Waals surface area contributed by atoms with Crippen LogP contribution in [0, 0.1) is 0 Å². The summed E-state index contributed by atoms with van der Waals surface area (Å²) in [7, 11) is 0. The monoisotopic (exact) mass is 439 g/mol. The van der Waals surface area contributed by atoms with Crippen molar-refractivity contribution < 1.29 is 42.9 Å². The minimum Gasteiger partial charge on any atom is -0.461 e. The van der Waals surface area contributed by atoms with Crippen molar-refractivity contribution >= 4 is 24.1 Å². The van der Waals surface area contributed by atoms with Gasteiger partial charge in [0.2, 0.25) is 0 Å². The molecule has 0 bridgehead atoms. The van der Waals surface area contributed by atoms with E-state index in [0.717, 1.165) is 0 Å². The maximum absolute atomic E-state index is 12.2. The van der Waals surface area contributed by atoms with Crippen LogP contribution in [0.1, 0.15) is 47.1 Å². The lowest BCUT2D eigenvalue weighted by Gasteiger charge is -2.21. The van der Waals surface area contributed by atoms with Crippen LogP contribution in [-0.2, 0) is 35.0 Å². The Morgan fingerprint density at radius 2 is 1.58 bits per heavy atom. The normalized spacial score (nSPS) is 12.9. The minimum absolute atomic E-state index is 0.0279. The summed E-state index contributed by atoms with van der Waals surface area (Å²) in [5.41, 5.74) is 5.74. The number of hydrogen-bond donors (Lipinski definition) is 1. The summed E-state index contributed by atoms with van der Waals surface area (Å²) >= 11 is 0. The summed E-state index contributed by atoms with van der Waals surface area (Å²) in [6, 6.07) is 3.43. The van der Waals surface area contributed by atoms with Crippen LogP contribution < -0.4 is 15.2 Å². The van der Waals surface area contributed by atoms with Gasteiger partial charge >= 0.3 is 24.1 Å². The van der Waals surface area contributed by atoms with Gasteiger partial charge in [-0.3, -0.25) is 14.4 Å². The fourth-order valence-corrected chi connectivity index (χ4v) is 2.27. The first kappa shape index (κ1) is 25.9. The number of carbonyl (C=O) groups excluding carboxylic acids is 4. The molecule has 10 nitrogen and oxygen atoms in total. The van der Waals surface area contributed by atoms with E-state index in [9.17, 15) is 19.2 Å². The molecule has 0 spiro atoms. The second-order valence-electron chi connectivity index (χ2n) is 7.80. The van der Waals surface area contributed by atoms with Crippen molar-refractivity contribution in [1.29, 1.82) is 0 Å². The Morgan fingerprint density at radius 3 is 2.13 bits per heavy atom. The first-order chi connectivity index (χ1) is 14.3. The molecule has 0 saturated carbocycles. The average Bonchev–Trinajstić information content (AvgIpc) is 2.59. The summed E-state index contributed by atoms with van der Waals surface area (Å²) in [6.07, 6.45) is -1.54. The highest BCUT2D eigenvalue weighted by Gasteiger charge is 2.22. The zero-order chi connectivity index (χ0) is 23.8. The van der Waals surface area contributed by atoms with Crippen LogP contribution >= 0.6 is 0 Å². The van der Waals surface area contributed by atoms with Crippen molar-refractivity contribution in [1.82, 2.24) is 0 Å². The zero-order valence-corrected chi connectivity index (χ0v) is 18.6. The fourth-order valence-electron chi connectivity index (χ4n) is 2.27. The molecule has 1 rings (SSSR count). The van der Waals surface area contributed by atoms with E-state index in [1.807, 2.05) is 0 Å². The summed E-state index contributed by atoms with van der Waals surface area (Å²) in [5.74, 6) is -1.80. The van der Waals surface area contributed by atoms with Gasteiger partial charge in [-0.25, -0.2) is 4.79 Å². The number of carbonyl (C=O) groups is 4. The molecule has 1 aromatic carbocycles. The zero-order valence-electron chi connectivity index (χ0n) is 18.6. The van der Waals surface area contributed by atoms with Crippen LogP contribution in [0.3, 0.4) is 0 Å². The van der Waals surface area contributed by atoms with Gasteiger partial charge in [0.25, 0.3) is 0 Å². The van der Waals surface area contributed by atoms with E-state index in [-0.39, 0.29) is 24.5 Å². The Hall–Kier alpha value is -3.14. The van der Waals surface area contributed by atoms with Gasteiger partial charge in [-0.2, -0.15) is 0 Å². The summed E-state index contributed by atoms with van der Waals surface area (Å²) in [5, 5.41) is 0. The first-order valence-electron chi connectivity index (χ1n) is 9.58. The average molecular weight is 439 g/mol. The Morgan fingerprint density at radius 1 is 1.00 bits per heavy atom. The Bertz CT molecular complexity index is 814. The SMILES string of the molecule is CC(=O)Oc1ccc(C[C@H](N)C(=O)OC[C@H](C)OC(=O)OC(C)(C)C)cc1OC(C)=O. The molecule has 0 aliphatic rings. The molecule has 31 heavy (non-hydrogen) atoms. The molecule has 2 N–H and O–H groups in total. The highest BCUT2D eigenvalue weighted by atomic mass is 16.7. The van der Waals surface area contributed by atoms with E-state index in [2.05, 4.69) is 0 Å². The molecule has 10 heteroatoms. The van der Waals surface area contributed by atoms with Gasteiger partial charge in [-0.1, -0.05) is 6.07 Å². The van der Waals surface area contributed by atoms with Crippen molar-refractivity contribution in [2.45, 2.75) is 65.7 Å². The first-order valence-corrected chi connectivity index (χ1v) is 9.58. The molecule has 0 radical (unpaired) electrons. The number of benzene rings is 1. The quantitative estimate of drug-likeness (QED) is 0.474. The predicted molar refractivity (Wildman–Crippen MR) is 108 cm³/mol. The molecular weight excluding hydrogens is 410 g/mol. The number of hydrogen-bond acceptors (Lipinski definition) is 10. The molecular formula is C21H29NO9. The van der Waals surface area contributed by atoms with E-state index in [1.165, 1.54) is 26.0 Å². The van der Waals surface area contributed by atoms with Gasteiger partial charge in [0.15, 0.2) is 11.5 Å². The molecule has 0 saturated heterocycles. The van der Waals surface area contributed by atoms with E-state index in [0.29, 0.717) is 5.56 Å². The van der Waals surface area contributed by atoms with Crippen LogP contribution in [0.25, 0.3) is 0 Å². The summed E-state index contributed by atoms with van der Waals surface area (Å²) in [6.45, 7) is 8.85. The Labute approximate surface area is 180 Å². The second-order valence-corrected chi connectivity index (χ2v) is 7.80. The maximum atomic E-state index is 12.2. The van der Waals surface area contributed by atoms with Crippen LogP contribution in [0.15, 0.2) is 18.2 Å². The third-order valence-electron chi connectivity index (χ3n) is 3.42. The molecule has 0 aliphatic heterocycles. The highest BCUT2D eigenvalue weighted by molar-refractivity contribution is 5.76. The molecule has 0 amide bonds. The standard InChI is InChI=1S/C21H29NO9/c1-12(28-20(26)31-21(4,5)6)11-27-19(25)16(22)9-15-7-8-17(29-13(2)23)18(10-15)30-14(3)24/h7-8,10,12,16H,9,11,22H2,1-6H3/t12-,16-/m0/s1. The largest absolute Gasteiger partial charge is 0.509 e. The van der Waals surface area contributed by atoms with E-state index in [1.54, 1.807) is 33.8 Å². The van der Waals surface area contributed by atoms with Crippen molar-refractivity contribution in [3.8, 4) is 11.5 Å². The van der Waals surface area contributed by atoms with Gasteiger partial charge < -0.3 is 29.4 Å². The van der Waals surface area contributed by atoms with Crippen molar-refractivity contribution in [3.63, 3.8) is 0 Å². The fraction of sp³-hybridized carbons (Fsp3) is 0.524. The van der Waals surface area contributed by atoms with Gasteiger partial charge in [0, 0.05) is 13.8 Å². The number of esters is 3. The Balaban J connectivity index is 2.66. The lowest BCUT2D eigenvalue weighted by molar-refractivity contribution is -0.148. The predicted octanol–water partition coefficient (Wildman–Crippen LogP) is 2.29. The number of nitrogens with two attached hydrogens (primary N) is 1. The molecule has 172 valence electrons. The molecule has 0 aromatic heterocycles. The van der Waals surface area contributed by atoms with Gasteiger partial charge in [0.1, 0.15) is 24.4 Å². The van der Waals surface area contributed by atoms with E-state index in [4.69, 9.17) is 29.4 Å².